The fraction of sp³-hybridized carbons (Fsp3) is 0.684. The van der Waals surface area contributed by atoms with Gasteiger partial charge in [-0.25, -0.2) is 0 Å². The molecule has 3 rings (SSSR count). The molecule has 138 valence electrons. The quantitative estimate of drug-likeness (QED) is 0.733. The Kier molecular flexibility index (Phi) is 5.47. The number of aromatic nitrogens is 2. The summed E-state index contributed by atoms with van der Waals surface area (Å²) in [7, 11) is 0. The molecule has 0 aromatic carbocycles. The van der Waals surface area contributed by atoms with Gasteiger partial charge in [-0.3, -0.25) is 0 Å². The van der Waals surface area contributed by atoms with Crippen molar-refractivity contribution in [2.75, 3.05) is 0 Å². The maximum Gasteiger partial charge on any atom is 0.257 e. The predicted octanol–water partition coefficient (Wildman–Crippen LogP) is 3.22. The van der Waals surface area contributed by atoms with Gasteiger partial charge in [0.1, 0.15) is 5.66 Å². The Bertz CT molecular complexity index is 640. The summed E-state index contributed by atoms with van der Waals surface area (Å²) in [6.45, 7) is 6.22. The Morgan fingerprint density at radius 2 is 2.04 bits per heavy atom. The molecule has 1 unspecified atom stereocenters. The third-order valence-electron chi connectivity index (χ3n) is 5.58. The van der Waals surface area contributed by atoms with Crippen LogP contribution in [0.25, 0.3) is 5.57 Å². The third-order valence-corrected chi connectivity index (χ3v) is 5.58. The van der Waals surface area contributed by atoms with Gasteiger partial charge in [0.15, 0.2) is 5.82 Å². The zero-order chi connectivity index (χ0) is 17.9. The highest BCUT2D eigenvalue weighted by atomic mass is 16.5. The average molecular weight is 345 g/mol. The van der Waals surface area contributed by atoms with Gasteiger partial charge in [-0.1, -0.05) is 38.3 Å². The van der Waals surface area contributed by atoms with Crippen molar-refractivity contribution in [3.8, 4) is 0 Å². The van der Waals surface area contributed by atoms with E-state index in [2.05, 4.69) is 40.7 Å². The van der Waals surface area contributed by atoms with Gasteiger partial charge < -0.3 is 20.9 Å². The molecule has 1 aromatic heterocycles. The number of hydrogen-bond donors (Lipinski definition) is 3. The van der Waals surface area contributed by atoms with Gasteiger partial charge in [0.2, 0.25) is 0 Å². The Morgan fingerprint density at radius 3 is 2.64 bits per heavy atom. The second-order valence-corrected chi connectivity index (χ2v) is 7.31. The van der Waals surface area contributed by atoms with Crippen molar-refractivity contribution in [3.63, 3.8) is 0 Å². The first-order valence-corrected chi connectivity index (χ1v) is 9.63. The molecule has 2 aliphatic rings. The standard InChI is InChI=1S/C19H31N5O/c1-4-15(5-2)23-16-11-17(18-22-13(3)24-25-18)19(20,21-12-16)14-9-7-6-8-10-14/h11-12,14-15,21,23H,4-10,20H2,1-3H3. The molecule has 4 N–H and O–H groups in total. The number of nitrogens with one attached hydrogen (secondary N) is 2. The topological polar surface area (TPSA) is 89.0 Å². The van der Waals surface area contributed by atoms with Gasteiger partial charge in [-0.05, 0) is 44.6 Å². The summed E-state index contributed by atoms with van der Waals surface area (Å²) in [4.78, 5) is 4.46. The molecule has 25 heavy (non-hydrogen) atoms. The predicted molar refractivity (Wildman–Crippen MR) is 99.2 cm³/mol. The third kappa shape index (κ3) is 3.73. The van der Waals surface area contributed by atoms with Crippen LogP contribution in [0.3, 0.4) is 0 Å². The molecule has 1 saturated carbocycles. The SMILES string of the molecule is CCC(CC)NC1=CNC(N)(C2CCCCC2)C(c2nc(C)no2)=C1. The number of dihydropyridines is 1. The minimum atomic E-state index is -0.654. The van der Waals surface area contributed by atoms with Crippen LogP contribution in [-0.2, 0) is 0 Å². The fourth-order valence-corrected chi connectivity index (χ4v) is 3.94. The number of rotatable bonds is 6. The van der Waals surface area contributed by atoms with E-state index in [4.69, 9.17) is 10.3 Å². The highest BCUT2D eigenvalue weighted by Gasteiger charge is 2.42. The van der Waals surface area contributed by atoms with Crippen LogP contribution in [-0.4, -0.2) is 21.8 Å². The lowest BCUT2D eigenvalue weighted by atomic mass is 9.75. The lowest BCUT2D eigenvalue weighted by Gasteiger charge is -2.42. The average Bonchev–Trinajstić information content (AvgIpc) is 3.08. The number of allylic oxidation sites excluding steroid dienone is 1. The highest BCUT2D eigenvalue weighted by molar-refractivity contribution is 5.72. The van der Waals surface area contributed by atoms with Crippen LogP contribution in [0.4, 0.5) is 0 Å². The number of hydrogen-bond acceptors (Lipinski definition) is 6. The molecule has 2 heterocycles. The lowest BCUT2D eigenvalue weighted by molar-refractivity contribution is 0.228. The van der Waals surface area contributed by atoms with E-state index >= 15 is 0 Å². The van der Waals surface area contributed by atoms with Gasteiger partial charge in [0.05, 0.1) is 11.3 Å². The van der Waals surface area contributed by atoms with Crippen molar-refractivity contribution >= 4 is 5.57 Å². The molecular formula is C19H31N5O. The van der Waals surface area contributed by atoms with Crippen molar-refractivity contribution in [2.24, 2.45) is 11.7 Å². The zero-order valence-corrected chi connectivity index (χ0v) is 15.6. The molecular weight excluding hydrogens is 314 g/mol. The molecule has 1 atom stereocenters. The van der Waals surface area contributed by atoms with E-state index in [-0.39, 0.29) is 0 Å². The van der Waals surface area contributed by atoms with Gasteiger partial charge in [0, 0.05) is 12.2 Å². The Hall–Kier alpha value is -1.82. The first-order chi connectivity index (χ1) is 12.1. The molecule has 0 bridgehead atoms. The van der Waals surface area contributed by atoms with E-state index in [0.717, 1.165) is 37.0 Å². The second-order valence-electron chi connectivity index (χ2n) is 7.31. The molecule has 0 saturated heterocycles. The summed E-state index contributed by atoms with van der Waals surface area (Å²) in [5.74, 6) is 1.52. The zero-order valence-electron chi connectivity index (χ0n) is 15.6. The van der Waals surface area contributed by atoms with E-state index in [9.17, 15) is 0 Å². The van der Waals surface area contributed by atoms with Crippen molar-refractivity contribution in [2.45, 2.75) is 77.4 Å². The van der Waals surface area contributed by atoms with Crippen LogP contribution in [0.5, 0.6) is 0 Å². The molecule has 6 heteroatoms. The van der Waals surface area contributed by atoms with E-state index in [1.165, 1.54) is 19.3 Å². The van der Waals surface area contributed by atoms with Gasteiger partial charge in [-0.15, -0.1) is 0 Å². The fourth-order valence-electron chi connectivity index (χ4n) is 3.94. The summed E-state index contributed by atoms with van der Waals surface area (Å²) in [6.07, 6.45) is 12.3. The maximum atomic E-state index is 6.90. The van der Waals surface area contributed by atoms with Gasteiger partial charge in [-0.2, -0.15) is 4.98 Å². The first-order valence-electron chi connectivity index (χ1n) is 9.63. The smallest absolute Gasteiger partial charge is 0.257 e. The monoisotopic (exact) mass is 345 g/mol. The molecule has 1 aromatic rings. The molecule has 1 aliphatic carbocycles. The van der Waals surface area contributed by atoms with Crippen LogP contribution in [0, 0.1) is 12.8 Å². The van der Waals surface area contributed by atoms with Gasteiger partial charge in [0.25, 0.3) is 5.89 Å². The van der Waals surface area contributed by atoms with Crippen LogP contribution >= 0.6 is 0 Å². The van der Waals surface area contributed by atoms with Crippen LogP contribution in [0.1, 0.15) is 70.5 Å². The largest absolute Gasteiger partial charge is 0.381 e. The molecule has 1 fully saturated rings. The van der Waals surface area contributed by atoms with Crippen LogP contribution < -0.4 is 16.4 Å². The normalized spacial score (nSPS) is 24.7. The molecule has 0 amide bonds. The van der Waals surface area contributed by atoms with E-state index in [1.54, 1.807) is 0 Å². The van der Waals surface area contributed by atoms with E-state index in [1.807, 2.05) is 13.1 Å². The van der Waals surface area contributed by atoms with Crippen LogP contribution in [0.15, 0.2) is 22.5 Å². The van der Waals surface area contributed by atoms with E-state index in [0.29, 0.717) is 23.7 Å². The highest BCUT2D eigenvalue weighted by Crippen LogP contribution is 2.39. The van der Waals surface area contributed by atoms with Gasteiger partial charge >= 0.3 is 0 Å². The summed E-state index contributed by atoms with van der Waals surface area (Å²) in [5.41, 5.74) is 8.17. The van der Waals surface area contributed by atoms with Crippen molar-refractivity contribution < 1.29 is 4.52 Å². The van der Waals surface area contributed by atoms with Crippen molar-refractivity contribution in [1.29, 1.82) is 0 Å². The molecule has 1 aliphatic heterocycles. The molecule has 6 nitrogen and oxygen atoms in total. The second kappa shape index (κ2) is 7.60. The number of nitrogens with zero attached hydrogens (tertiary/aromatic N) is 2. The minimum absolute atomic E-state index is 0.366. The first kappa shape index (κ1) is 18.0. The van der Waals surface area contributed by atoms with E-state index < -0.39 is 5.66 Å². The maximum absolute atomic E-state index is 6.90. The minimum Gasteiger partial charge on any atom is -0.381 e. The summed E-state index contributed by atoms with van der Waals surface area (Å²) < 4.78 is 5.49. The summed E-state index contributed by atoms with van der Waals surface area (Å²) in [5, 5.41) is 11.0. The number of nitrogens with two attached hydrogens (primary N) is 1. The van der Waals surface area contributed by atoms with Crippen molar-refractivity contribution in [1.82, 2.24) is 20.8 Å². The molecule has 0 spiro atoms. The lowest BCUT2D eigenvalue weighted by Crippen LogP contribution is -2.59. The number of aryl methyl sites for hydroxylation is 1. The Morgan fingerprint density at radius 1 is 1.32 bits per heavy atom. The van der Waals surface area contributed by atoms with Crippen LogP contribution in [0.2, 0.25) is 0 Å². The summed E-state index contributed by atoms with van der Waals surface area (Å²) in [6, 6.07) is 0.440. The molecule has 0 radical (unpaired) electrons. The van der Waals surface area contributed by atoms with Crippen molar-refractivity contribution in [3.05, 3.63) is 29.7 Å². The Labute approximate surface area is 150 Å². The summed E-state index contributed by atoms with van der Waals surface area (Å²) >= 11 is 0. The Balaban J connectivity index is 1.92.